The zero-order valence-electron chi connectivity index (χ0n) is 42.3. The van der Waals surface area contributed by atoms with Gasteiger partial charge in [-0.3, -0.25) is 14.4 Å². The molecule has 0 N–H and O–H groups in total. The smallest absolute Gasteiger partial charge is 0.306 e. The molecule has 0 bridgehead atoms. The maximum Gasteiger partial charge on any atom is 0.306 e. The van der Waals surface area contributed by atoms with Gasteiger partial charge in [-0.2, -0.15) is 0 Å². The van der Waals surface area contributed by atoms with E-state index in [-0.39, 0.29) is 31.1 Å². The zero-order chi connectivity index (χ0) is 45.2. The molecule has 0 saturated heterocycles. The summed E-state index contributed by atoms with van der Waals surface area (Å²) in [7, 11) is 0. The molecule has 0 spiro atoms. The molecule has 0 radical (unpaired) electrons. The third kappa shape index (κ3) is 49.4. The summed E-state index contributed by atoms with van der Waals surface area (Å²) in [5.41, 5.74) is 0. The number of hydrogen-bond donors (Lipinski definition) is 0. The molecular weight excluding hydrogens is 769 g/mol. The van der Waals surface area contributed by atoms with Crippen LogP contribution in [0.5, 0.6) is 0 Å². The molecule has 0 heterocycles. The fourth-order valence-corrected chi connectivity index (χ4v) is 8.57. The number of carbonyl (C=O) groups is 3. The topological polar surface area (TPSA) is 78.9 Å². The summed E-state index contributed by atoms with van der Waals surface area (Å²) in [4.78, 5) is 38.1. The highest BCUT2D eigenvalue weighted by atomic mass is 16.6. The fraction of sp³-hybridized carbons (Fsp3) is 0.946. The molecule has 0 aliphatic heterocycles. The van der Waals surface area contributed by atoms with Crippen molar-refractivity contribution in [2.24, 2.45) is 5.92 Å². The predicted octanol–water partition coefficient (Wildman–Crippen LogP) is 18.2. The van der Waals surface area contributed by atoms with Crippen LogP contribution < -0.4 is 0 Å². The van der Waals surface area contributed by atoms with E-state index in [1.54, 1.807) is 0 Å². The average Bonchev–Trinajstić information content (AvgIpc) is 3.26. The quantitative estimate of drug-likeness (QED) is 0.0344. The molecule has 0 unspecified atom stereocenters. The van der Waals surface area contributed by atoms with Crippen LogP contribution in [0.15, 0.2) is 0 Å². The van der Waals surface area contributed by atoms with Gasteiger partial charge in [0, 0.05) is 19.3 Å². The normalized spacial score (nSPS) is 12.0. The van der Waals surface area contributed by atoms with E-state index in [1.165, 1.54) is 212 Å². The van der Waals surface area contributed by atoms with Gasteiger partial charge in [0.15, 0.2) is 6.10 Å². The highest BCUT2D eigenvalue weighted by Gasteiger charge is 2.19. The van der Waals surface area contributed by atoms with Crippen molar-refractivity contribution >= 4 is 17.9 Å². The summed E-state index contributed by atoms with van der Waals surface area (Å²) in [5.74, 6) is -0.0111. The van der Waals surface area contributed by atoms with Gasteiger partial charge in [-0.15, -0.1) is 0 Å². The molecule has 0 amide bonds. The molecule has 62 heavy (non-hydrogen) atoms. The summed E-state index contributed by atoms with van der Waals surface area (Å²) in [6, 6.07) is 0. The van der Waals surface area contributed by atoms with Crippen LogP contribution in [0, 0.1) is 5.92 Å². The maximum atomic E-state index is 12.8. The van der Waals surface area contributed by atoms with Gasteiger partial charge in [-0.05, 0) is 25.2 Å². The Kier molecular flexibility index (Phi) is 49.1. The van der Waals surface area contributed by atoms with Crippen molar-refractivity contribution in [1.82, 2.24) is 0 Å². The Hall–Kier alpha value is -1.59. The fourth-order valence-electron chi connectivity index (χ4n) is 8.57. The van der Waals surface area contributed by atoms with Gasteiger partial charge in [0.25, 0.3) is 0 Å². The monoisotopic (exact) mass is 877 g/mol. The summed E-state index contributed by atoms with van der Waals surface area (Å²) in [6.45, 7) is 9.04. The minimum Gasteiger partial charge on any atom is -0.462 e. The molecule has 0 aromatic carbocycles. The van der Waals surface area contributed by atoms with Gasteiger partial charge < -0.3 is 14.2 Å². The Morgan fingerprint density at radius 2 is 0.532 bits per heavy atom. The van der Waals surface area contributed by atoms with Gasteiger partial charge in [-0.1, -0.05) is 278 Å². The minimum atomic E-state index is -0.761. The van der Waals surface area contributed by atoms with Gasteiger partial charge in [0.1, 0.15) is 13.2 Å². The zero-order valence-corrected chi connectivity index (χ0v) is 42.3. The van der Waals surface area contributed by atoms with Crippen molar-refractivity contribution in [3.05, 3.63) is 0 Å². The van der Waals surface area contributed by atoms with Crippen molar-refractivity contribution in [3.63, 3.8) is 0 Å². The van der Waals surface area contributed by atoms with Crippen molar-refractivity contribution in [2.45, 2.75) is 323 Å². The first kappa shape index (κ1) is 60.4. The molecule has 0 aliphatic carbocycles. The summed E-state index contributed by atoms with van der Waals surface area (Å²) >= 11 is 0. The molecule has 0 aromatic rings. The van der Waals surface area contributed by atoms with Gasteiger partial charge in [0.2, 0.25) is 0 Å². The molecule has 0 saturated carbocycles. The van der Waals surface area contributed by atoms with Gasteiger partial charge >= 0.3 is 17.9 Å². The Morgan fingerprint density at radius 1 is 0.306 bits per heavy atom. The Morgan fingerprint density at radius 3 is 0.790 bits per heavy atom. The van der Waals surface area contributed by atoms with Crippen LogP contribution in [0.1, 0.15) is 317 Å². The molecule has 0 aromatic heterocycles. The van der Waals surface area contributed by atoms with Crippen LogP contribution in [-0.4, -0.2) is 37.2 Å². The van der Waals surface area contributed by atoms with E-state index in [1.807, 2.05) is 0 Å². The molecule has 0 rings (SSSR count). The van der Waals surface area contributed by atoms with Crippen LogP contribution in [0.3, 0.4) is 0 Å². The third-order valence-corrected chi connectivity index (χ3v) is 12.8. The van der Waals surface area contributed by atoms with E-state index in [4.69, 9.17) is 14.2 Å². The van der Waals surface area contributed by atoms with E-state index in [0.717, 1.165) is 63.7 Å². The number of ether oxygens (including phenoxy) is 3. The Bertz CT molecular complexity index is 933. The van der Waals surface area contributed by atoms with Crippen molar-refractivity contribution < 1.29 is 28.6 Å². The van der Waals surface area contributed by atoms with Crippen LogP contribution in [0.4, 0.5) is 0 Å². The lowest BCUT2D eigenvalue weighted by molar-refractivity contribution is -0.167. The lowest BCUT2D eigenvalue weighted by Crippen LogP contribution is -2.30. The van der Waals surface area contributed by atoms with E-state index in [0.29, 0.717) is 19.3 Å². The highest BCUT2D eigenvalue weighted by molar-refractivity contribution is 5.71. The first-order valence-electron chi connectivity index (χ1n) is 27.9. The molecule has 6 nitrogen and oxygen atoms in total. The number of carbonyl (C=O) groups excluding carboxylic acids is 3. The van der Waals surface area contributed by atoms with Crippen LogP contribution in [0.25, 0.3) is 0 Å². The summed E-state index contributed by atoms with van der Waals surface area (Å²) in [6.07, 6.45) is 53.7. The van der Waals surface area contributed by atoms with Gasteiger partial charge in [-0.25, -0.2) is 0 Å². The summed E-state index contributed by atoms with van der Waals surface area (Å²) < 4.78 is 16.9. The summed E-state index contributed by atoms with van der Waals surface area (Å²) in [5, 5.41) is 0. The van der Waals surface area contributed by atoms with E-state index >= 15 is 0 Å². The first-order valence-corrected chi connectivity index (χ1v) is 27.9. The first-order chi connectivity index (χ1) is 30.4. The highest BCUT2D eigenvalue weighted by Crippen LogP contribution is 2.18. The van der Waals surface area contributed by atoms with E-state index in [2.05, 4.69) is 27.7 Å². The second-order valence-electron chi connectivity index (χ2n) is 19.7. The minimum absolute atomic E-state index is 0.0621. The van der Waals surface area contributed by atoms with E-state index in [9.17, 15) is 14.4 Å². The molecule has 368 valence electrons. The van der Waals surface area contributed by atoms with Gasteiger partial charge in [0.05, 0.1) is 0 Å². The molecule has 0 aliphatic rings. The lowest BCUT2D eigenvalue weighted by atomic mass is 10.0. The van der Waals surface area contributed by atoms with E-state index < -0.39 is 6.10 Å². The molecule has 6 heteroatoms. The maximum absolute atomic E-state index is 12.8. The standard InChI is InChI=1S/C56H108O6/c1-5-7-9-11-13-15-17-19-21-23-27-31-35-39-43-47-54(57)60-50-53(51-61-55(58)48-44-40-36-32-29-25-26-30-34-38-42-46-52(3)4)62-56(59)49-45-41-37-33-28-24-22-20-18-16-14-12-10-8-6-2/h52-53H,5-51H2,1-4H3/t53-/m0/s1. The average molecular weight is 877 g/mol. The Balaban J connectivity index is 4.31. The SMILES string of the molecule is CCCCCCCCCCCCCCCCCC(=O)OC[C@@H](COC(=O)CCCCCCCCCCCCCC(C)C)OC(=O)CCCCCCCCCCCCCCCCC. The number of unbranched alkanes of at least 4 members (excludes halogenated alkanes) is 38. The third-order valence-electron chi connectivity index (χ3n) is 12.8. The lowest BCUT2D eigenvalue weighted by Gasteiger charge is -2.18. The largest absolute Gasteiger partial charge is 0.462 e. The number of rotatable bonds is 51. The Labute approximate surface area is 387 Å². The molecule has 1 atom stereocenters. The van der Waals surface area contributed by atoms with Crippen LogP contribution >= 0.6 is 0 Å². The molecule has 0 fully saturated rings. The second kappa shape index (κ2) is 50.4. The van der Waals surface area contributed by atoms with Crippen LogP contribution in [0.2, 0.25) is 0 Å². The van der Waals surface area contributed by atoms with Crippen molar-refractivity contribution in [2.75, 3.05) is 13.2 Å². The van der Waals surface area contributed by atoms with Crippen LogP contribution in [-0.2, 0) is 28.6 Å². The van der Waals surface area contributed by atoms with Crippen molar-refractivity contribution in [3.8, 4) is 0 Å². The number of esters is 3. The number of hydrogen-bond acceptors (Lipinski definition) is 6. The van der Waals surface area contributed by atoms with Crippen molar-refractivity contribution in [1.29, 1.82) is 0 Å². The second-order valence-corrected chi connectivity index (χ2v) is 19.7. The molecular formula is C56H108O6. The predicted molar refractivity (Wildman–Crippen MR) is 266 cm³/mol.